The molecular formula is C10H15N5O2. The lowest BCUT2D eigenvalue weighted by atomic mass is 9.99. The minimum Gasteiger partial charge on any atom is -0.378 e. The second kappa shape index (κ2) is 3.83. The number of anilines is 2. The molecule has 7 nitrogen and oxygen atoms in total. The number of nitrogens with zero attached hydrogens (tertiary/aromatic N) is 3. The first-order chi connectivity index (χ1) is 7.92. The molecule has 92 valence electrons. The Balaban J connectivity index is 2.32. The topological polar surface area (TPSA) is 107 Å². The van der Waals surface area contributed by atoms with Crippen molar-refractivity contribution in [2.45, 2.75) is 32.2 Å². The lowest BCUT2D eigenvalue weighted by Gasteiger charge is -2.26. The van der Waals surface area contributed by atoms with Gasteiger partial charge in [-0.15, -0.1) is 0 Å². The molecule has 0 saturated heterocycles. The normalized spacial score (nSPS) is 15.6. The smallest absolute Gasteiger partial charge is 0.353 e. The van der Waals surface area contributed by atoms with Crippen molar-refractivity contribution in [2.75, 3.05) is 11.1 Å². The Morgan fingerprint density at radius 2 is 2.18 bits per heavy atom. The zero-order chi connectivity index (χ0) is 12.6. The van der Waals surface area contributed by atoms with Crippen molar-refractivity contribution in [3.05, 3.63) is 16.4 Å². The largest absolute Gasteiger partial charge is 0.378 e. The maximum atomic E-state index is 10.9. The first-order valence-corrected chi connectivity index (χ1v) is 5.45. The average Bonchev–Trinajstić information content (AvgIpc) is 2.98. The van der Waals surface area contributed by atoms with Crippen LogP contribution in [0.3, 0.4) is 0 Å². The van der Waals surface area contributed by atoms with Crippen LogP contribution in [0.15, 0.2) is 6.33 Å². The highest BCUT2D eigenvalue weighted by Crippen LogP contribution is 2.42. The number of hydrogen-bond acceptors (Lipinski definition) is 6. The molecule has 3 N–H and O–H groups in total. The Bertz CT molecular complexity index is 456. The summed E-state index contributed by atoms with van der Waals surface area (Å²) in [7, 11) is 0. The molecule has 0 amide bonds. The van der Waals surface area contributed by atoms with Crippen LogP contribution in [-0.2, 0) is 0 Å². The minimum atomic E-state index is -0.555. The summed E-state index contributed by atoms with van der Waals surface area (Å²) >= 11 is 0. The van der Waals surface area contributed by atoms with E-state index in [2.05, 4.69) is 15.3 Å². The van der Waals surface area contributed by atoms with Gasteiger partial charge in [0.1, 0.15) is 6.33 Å². The number of aromatic nitrogens is 2. The Hall–Kier alpha value is -1.92. The SMILES string of the molecule is CC(C)(Nc1ncnc(N)c1[N+](=O)[O-])C1CC1. The summed E-state index contributed by atoms with van der Waals surface area (Å²) in [6.07, 6.45) is 3.50. The van der Waals surface area contributed by atoms with Gasteiger partial charge in [0.05, 0.1) is 4.92 Å². The molecule has 7 heteroatoms. The van der Waals surface area contributed by atoms with Crippen LogP contribution in [0.1, 0.15) is 26.7 Å². The number of nitro groups is 1. The predicted molar refractivity (Wildman–Crippen MR) is 63.5 cm³/mol. The molecule has 2 rings (SSSR count). The van der Waals surface area contributed by atoms with Crippen LogP contribution in [0.25, 0.3) is 0 Å². The van der Waals surface area contributed by atoms with Gasteiger partial charge in [-0.05, 0) is 32.6 Å². The van der Waals surface area contributed by atoms with Crippen LogP contribution in [0.2, 0.25) is 0 Å². The molecule has 1 aliphatic rings. The molecule has 0 bridgehead atoms. The van der Waals surface area contributed by atoms with Crippen molar-refractivity contribution >= 4 is 17.3 Å². The van der Waals surface area contributed by atoms with Gasteiger partial charge in [0, 0.05) is 5.54 Å². The van der Waals surface area contributed by atoms with Crippen molar-refractivity contribution in [1.29, 1.82) is 0 Å². The molecule has 0 unspecified atom stereocenters. The van der Waals surface area contributed by atoms with Crippen LogP contribution in [0.4, 0.5) is 17.3 Å². The molecule has 0 aromatic carbocycles. The molecule has 1 aromatic rings. The van der Waals surface area contributed by atoms with Gasteiger partial charge in [-0.2, -0.15) is 0 Å². The van der Waals surface area contributed by atoms with Gasteiger partial charge in [0.25, 0.3) is 0 Å². The minimum absolute atomic E-state index is 0.112. The lowest BCUT2D eigenvalue weighted by molar-refractivity contribution is -0.383. The van der Waals surface area contributed by atoms with Crippen molar-refractivity contribution in [1.82, 2.24) is 9.97 Å². The summed E-state index contributed by atoms with van der Waals surface area (Å²) in [5, 5.41) is 14.0. The predicted octanol–water partition coefficient (Wildman–Crippen LogP) is 1.57. The second-order valence-electron chi connectivity index (χ2n) is 4.83. The first kappa shape index (κ1) is 11.6. The van der Waals surface area contributed by atoms with E-state index < -0.39 is 4.92 Å². The van der Waals surface area contributed by atoms with Crippen LogP contribution < -0.4 is 11.1 Å². The molecule has 1 heterocycles. The van der Waals surface area contributed by atoms with E-state index in [-0.39, 0.29) is 22.9 Å². The average molecular weight is 237 g/mol. The molecule has 0 aliphatic heterocycles. The first-order valence-electron chi connectivity index (χ1n) is 5.45. The molecule has 0 spiro atoms. The Morgan fingerprint density at radius 1 is 1.53 bits per heavy atom. The van der Waals surface area contributed by atoms with E-state index in [1.165, 1.54) is 6.33 Å². The molecule has 1 aliphatic carbocycles. The number of hydrogen-bond donors (Lipinski definition) is 2. The van der Waals surface area contributed by atoms with Gasteiger partial charge in [-0.25, -0.2) is 9.97 Å². The molecular weight excluding hydrogens is 222 g/mol. The maximum absolute atomic E-state index is 10.9. The van der Waals surface area contributed by atoms with Crippen molar-refractivity contribution in [3.8, 4) is 0 Å². The van der Waals surface area contributed by atoms with Crippen molar-refractivity contribution in [3.63, 3.8) is 0 Å². The fourth-order valence-electron chi connectivity index (χ4n) is 1.88. The van der Waals surface area contributed by atoms with E-state index in [4.69, 9.17) is 5.73 Å². The van der Waals surface area contributed by atoms with Crippen LogP contribution in [0, 0.1) is 16.0 Å². The Labute approximate surface area is 98.6 Å². The number of nitrogens with two attached hydrogens (primary N) is 1. The van der Waals surface area contributed by atoms with Gasteiger partial charge in [0.2, 0.25) is 11.6 Å². The van der Waals surface area contributed by atoms with E-state index in [9.17, 15) is 10.1 Å². The molecule has 1 aromatic heterocycles. The highest BCUT2D eigenvalue weighted by Gasteiger charge is 2.39. The highest BCUT2D eigenvalue weighted by molar-refractivity contribution is 5.67. The molecule has 1 saturated carbocycles. The third-order valence-electron chi connectivity index (χ3n) is 3.07. The summed E-state index contributed by atoms with van der Waals surface area (Å²) < 4.78 is 0. The fraction of sp³-hybridized carbons (Fsp3) is 0.600. The van der Waals surface area contributed by atoms with E-state index >= 15 is 0 Å². The highest BCUT2D eigenvalue weighted by atomic mass is 16.6. The maximum Gasteiger partial charge on any atom is 0.353 e. The van der Waals surface area contributed by atoms with Gasteiger partial charge >= 0.3 is 5.69 Å². The van der Waals surface area contributed by atoms with E-state index in [0.29, 0.717) is 5.92 Å². The zero-order valence-corrected chi connectivity index (χ0v) is 9.80. The van der Waals surface area contributed by atoms with Gasteiger partial charge in [0.15, 0.2) is 0 Å². The number of nitrogen functional groups attached to an aromatic ring is 1. The third kappa shape index (κ3) is 2.27. The summed E-state index contributed by atoms with van der Waals surface area (Å²) in [5.74, 6) is 0.608. The van der Waals surface area contributed by atoms with Crippen molar-refractivity contribution in [2.24, 2.45) is 5.92 Å². The van der Waals surface area contributed by atoms with Crippen molar-refractivity contribution < 1.29 is 4.92 Å². The lowest BCUT2D eigenvalue weighted by Crippen LogP contribution is -2.34. The molecule has 1 fully saturated rings. The number of rotatable bonds is 4. The van der Waals surface area contributed by atoms with Gasteiger partial charge < -0.3 is 11.1 Å². The summed E-state index contributed by atoms with van der Waals surface area (Å²) in [6.45, 7) is 4.01. The summed E-state index contributed by atoms with van der Waals surface area (Å²) in [4.78, 5) is 17.9. The second-order valence-corrected chi connectivity index (χ2v) is 4.83. The molecule has 0 atom stereocenters. The zero-order valence-electron chi connectivity index (χ0n) is 9.80. The fourth-order valence-corrected chi connectivity index (χ4v) is 1.88. The Morgan fingerprint density at radius 3 is 2.71 bits per heavy atom. The van der Waals surface area contributed by atoms with E-state index in [0.717, 1.165) is 12.8 Å². The number of nitrogens with one attached hydrogen (secondary N) is 1. The van der Waals surface area contributed by atoms with E-state index in [1.807, 2.05) is 13.8 Å². The third-order valence-corrected chi connectivity index (χ3v) is 3.07. The van der Waals surface area contributed by atoms with E-state index in [1.54, 1.807) is 0 Å². The van der Waals surface area contributed by atoms with Crippen LogP contribution >= 0.6 is 0 Å². The van der Waals surface area contributed by atoms with Crippen LogP contribution in [-0.4, -0.2) is 20.4 Å². The standard InChI is InChI=1S/C10H15N5O2/c1-10(2,6-3-4-6)14-9-7(15(16)17)8(11)12-5-13-9/h5-6H,3-4H2,1-2H3,(H3,11,12,13,14). The monoisotopic (exact) mass is 237 g/mol. The molecule has 0 radical (unpaired) electrons. The molecule has 17 heavy (non-hydrogen) atoms. The van der Waals surface area contributed by atoms with Gasteiger partial charge in [-0.1, -0.05) is 0 Å². The summed E-state index contributed by atoms with van der Waals surface area (Å²) in [6, 6.07) is 0. The van der Waals surface area contributed by atoms with Gasteiger partial charge in [-0.3, -0.25) is 10.1 Å². The van der Waals surface area contributed by atoms with Crippen LogP contribution in [0.5, 0.6) is 0 Å². The Kier molecular flexibility index (Phi) is 2.60. The summed E-state index contributed by atoms with van der Waals surface area (Å²) in [5.41, 5.74) is 5.03. The quantitative estimate of drug-likeness (QED) is 0.608.